The van der Waals surface area contributed by atoms with Gasteiger partial charge in [0.25, 0.3) is 5.56 Å². The molecule has 0 radical (unpaired) electrons. The number of aromatic amines is 2. The Morgan fingerprint density at radius 1 is 1.30 bits per heavy atom. The summed E-state index contributed by atoms with van der Waals surface area (Å²) in [5.41, 5.74) is -1.36. The largest absolute Gasteiger partial charge is 0.394 e. The van der Waals surface area contributed by atoms with Crippen molar-refractivity contribution >= 4 is 11.2 Å². The molecule has 4 atom stereocenters. The first kappa shape index (κ1) is 13.0. The Balaban J connectivity index is 2.12. The molecule has 0 aromatic carbocycles. The number of aromatic nitrogens is 4. The number of rotatable bonds is 2. The van der Waals surface area contributed by atoms with Crippen molar-refractivity contribution in [1.29, 1.82) is 0 Å². The number of hydrogen-bond donors (Lipinski definition) is 5. The van der Waals surface area contributed by atoms with E-state index in [1.54, 1.807) is 0 Å². The molecule has 0 amide bonds. The minimum Gasteiger partial charge on any atom is -0.394 e. The van der Waals surface area contributed by atoms with Crippen molar-refractivity contribution in [2.75, 3.05) is 6.61 Å². The van der Waals surface area contributed by atoms with E-state index >= 15 is 0 Å². The van der Waals surface area contributed by atoms with Crippen LogP contribution in [-0.2, 0) is 4.74 Å². The van der Waals surface area contributed by atoms with Crippen LogP contribution >= 0.6 is 0 Å². The van der Waals surface area contributed by atoms with Gasteiger partial charge in [-0.3, -0.25) is 19.3 Å². The molecule has 2 aromatic heterocycles. The Bertz CT molecular complexity index is 748. The van der Waals surface area contributed by atoms with Crippen molar-refractivity contribution < 1.29 is 20.1 Å². The second-order valence-electron chi connectivity index (χ2n) is 4.49. The second kappa shape index (κ2) is 4.52. The fraction of sp³-hybridized carbons (Fsp3) is 0.500. The third kappa shape index (κ3) is 1.78. The Morgan fingerprint density at radius 2 is 2.05 bits per heavy atom. The lowest BCUT2D eigenvalue weighted by atomic mass is 10.1. The Kier molecular flexibility index (Phi) is 2.94. The lowest BCUT2D eigenvalue weighted by Crippen LogP contribution is -2.33. The summed E-state index contributed by atoms with van der Waals surface area (Å²) < 4.78 is 6.50. The van der Waals surface area contributed by atoms with Gasteiger partial charge in [-0.05, 0) is 0 Å². The molecule has 10 heteroatoms. The highest BCUT2D eigenvalue weighted by atomic mass is 16.6. The van der Waals surface area contributed by atoms with E-state index in [1.165, 1.54) is 10.9 Å². The van der Waals surface area contributed by atoms with Crippen LogP contribution in [0.1, 0.15) is 6.23 Å². The van der Waals surface area contributed by atoms with Gasteiger partial charge in [-0.25, -0.2) is 9.78 Å². The third-order valence-electron chi connectivity index (χ3n) is 3.26. The number of nitrogens with zero attached hydrogens (tertiary/aromatic N) is 2. The predicted molar refractivity (Wildman–Crippen MR) is 64.0 cm³/mol. The van der Waals surface area contributed by atoms with Gasteiger partial charge in [-0.15, -0.1) is 0 Å². The van der Waals surface area contributed by atoms with Gasteiger partial charge >= 0.3 is 5.69 Å². The van der Waals surface area contributed by atoms with E-state index in [0.29, 0.717) is 0 Å². The highest BCUT2D eigenvalue weighted by molar-refractivity contribution is 5.69. The number of aliphatic hydroxyl groups excluding tert-OH is 3. The van der Waals surface area contributed by atoms with Gasteiger partial charge in [0, 0.05) is 0 Å². The quantitative estimate of drug-likeness (QED) is 0.394. The zero-order chi connectivity index (χ0) is 14.4. The van der Waals surface area contributed by atoms with Gasteiger partial charge in [0.1, 0.15) is 18.3 Å². The fourth-order valence-corrected chi connectivity index (χ4v) is 2.28. The third-order valence-corrected chi connectivity index (χ3v) is 3.26. The van der Waals surface area contributed by atoms with Crippen molar-refractivity contribution in [3.05, 3.63) is 27.2 Å². The summed E-state index contributed by atoms with van der Waals surface area (Å²) in [5.74, 6) is 0. The molecule has 1 aliphatic rings. The number of H-pyrrole nitrogens is 2. The number of imidazole rings is 1. The van der Waals surface area contributed by atoms with Gasteiger partial charge in [0.05, 0.1) is 12.9 Å². The topological polar surface area (TPSA) is 153 Å². The molecule has 0 bridgehead atoms. The highest BCUT2D eigenvalue weighted by Gasteiger charge is 2.44. The molecule has 5 N–H and O–H groups in total. The van der Waals surface area contributed by atoms with E-state index in [1.807, 2.05) is 4.98 Å². The van der Waals surface area contributed by atoms with E-state index in [-0.39, 0.29) is 11.2 Å². The van der Waals surface area contributed by atoms with Crippen molar-refractivity contribution in [1.82, 2.24) is 19.5 Å². The highest BCUT2D eigenvalue weighted by Crippen LogP contribution is 2.30. The molecule has 1 fully saturated rings. The van der Waals surface area contributed by atoms with Crippen molar-refractivity contribution in [2.24, 2.45) is 0 Å². The predicted octanol–water partition coefficient (Wildman–Crippen LogP) is -2.98. The molecule has 0 spiro atoms. The Labute approximate surface area is 110 Å². The molecule has 3 rings (SSSR count). The van der Waals surface area contributed by atoms with Crippen LogP contribution in [0.4, 0.5) is 0 Å². The average Bonchev–Trinajstić information content (AvgIpc) is 2.93. The van der Waals surface area contributed by atoms with E-state index in [0.717, 1.165) is 0 Å². The van der Waals surface area contributed by atoms with Crippen LogP contribution in [0.25, 0.3) is 11.2 Å². The van der Waals surface area contributed by atoms with E-state index in [4.69, 9.17) is 9.84 Å². The van der Waals surface area contributed by atoms with Crippen LogP contribution in [0.3, 0.4) is 0 Å². The summed E-state index contributed by atoms with van der Waals surface area (Å²) in [6.45, 7) is -0.478. The summed E-state index contributed by atoms with van der Waals surface area (Å²) >= 11 is 0. The number of fused-ring (bicyclic) bond motifs is 1. The Morgan fingerprint density at radius 3 is 2.70 bits per heavy atom. The van der Waals surface area contributed by atoms with Gasteiger partial charge in [-0.1, -0.05) is 0 Å². The normalized spacial score (nSPS) is 30.1. The van der Waals surface area contributed by atoms with Crippen molar-refractivity contribution in [2.45, 2.75) is 24.5 Å². The maximum absolute atomic E-state index is 11.8. The molecule has 1 aliphatic heterocycles. The molecule has 0 unspecified atom stereocenters. The minimum absolute atomic E-state index is 0.000519. The van der Waals surface area contributed by atoms with Gasteiger partial charge in [-0.2, -0.15) is 0 Å². The number of aliphatic hydroxyl groups is 3. The molecule has 0 saturated carbocycles. The zero-order valence-electron chi connectivity index (χ0n) is 10.1. The first-order valence-electron chi connectivity index (χ1n) is 5.84. The first-order valence-corrected chi connectivity index (χ1v) is 5.84. The number of nitrogens with one attached hydrogen (secondary N) is 2. The van der Waals surface area contributed by atoms with Crippen molar-refractivity contribution in [3.63, 3.8) is 0 Å². The van der Waals surface area contributed by atoms with Crippen LogP contribution in [0, 0.1) is 0 Å². The summed E-state index contributed by atoms with van der Waals surface area (Å²) in [5, 5.41) is 28.7. The maximum atomic E-state index is 11.8. The lowest BCUT2D eigenvalue weighted by molar-refractivity contribution is -0.0509. The minimum atomic E-state index is -1.34. The van der Waals surface area contributed by atoms with Gasteiger partial charge in [0.2, 0.25) is 0 Å². The molecular formula is C10H12N4O6. The summed E-state index contributed by atoms with van der Waals surface area (Å²) in [6, 6.07) is 0. The summed E-state index contributed by atoms with van der Waals surface area (Å²) in [4.78, 5) is 31.1. The fourth-order valence-electron chi connectivity index (χ4n) is 2.28. The van der Waals surface area contributed by atoms with E-state index in [9.17, 15) is 19.8 Å². The molecule has 10 nitrogen and oxygen atoms in total. The van der Waals surface area contributed by atoms with Crippen LogP contribution < -0.4 is 11.2 Å². The molecule has 2 aromatic rings. The molecule has 1 saturated heterocycles. The summed E-state index contributed by atoms with van der Waals surface area (Å²) in [7, 11) is 0. The zero-order valence-corrected chi connectivity index (χ0v) is 10.1. The molecule has 108 valence electrons. The van der Waals surface area contributed by atoms with Crippen molar-refractivity contribution in [3.8, 4) is 0 Å². The van der Waals surface area contributed by atoms with E-state index < -0.39 is 42.4 Å². The lowest BCUT2D eigenvalue weighted by Gasteiger charge is -2.16. The molecule has 20 heavy (non-hydrogen) atoms. The molecular weight excluding hydrogens is 272 g/mol. The molecule has 3 heterocycles. The standard InChI is InChI=1S/C10H12N4O6/c15-1-3-5(16)6(17)9(20-3)14-2-11-7-4(14)8(18)13-10(19)12-7/h2-3,5-6,9,15-17H,1H2,(H2,12,13,18,19)/t3-,5-,6-,9-/m1/s1. The smallest absolute Gasteiger partial charge is 0.327 e. The SMILES string of the molecule is O=c1[nH]c(=O)c2c(ncn2[C@@H]2O[C@H](CO)[C@@H](O)[C@H]2O)[nH]1. The van der Waals surface area contributed by atoms with Gasteiger partial charge < -0.3 is 20.1 Å². The van der Waals surface area contributed by atoms with Crippen LogP contribution in [-0.4, -0.2) is 59.8 Å². The van der Waals surface area contributed by atoms with Gasteiger partial charge in [0.15, 0.2) is 17.4 Å². The second-order valence-corrected chi connectivity index (χ2v) is 4.49. The average molecular weight is 284 g/mol. The van der Waals surface area contributed by atoms with Crippen LogP contribution in [0.15, 0.2) is 15.9 Å². The van der Waals surface area contributed by atoms with E-state index in [2.05, 4.69) is 9.97 Å². The number of hydrogen-bond acceptors (Lipinski definition) is 7. The maximum Gasteiger partial charge on any atom is 0.327 e. The van der Waals surface area contributed by atoms with Crippen LogP contribution in [0.5, 0.6) is 0 Å². The molecule has 0 aliphatic carbocycles. The Hall–Kier alpha value is -2.01. The number of ether oxygens (including phenoxy) is 1. The monoisotopic (exact) mass is 284 g/mol. The first-order chi connectivity index (χ1) is 9.52. The summed E-state index contributed by atoms with van der Waals surface area (Å²) in [6.07, 6.45) is -3.47. The van der Waals surface area contributed by atoms with Crippen LogP contribution in [0.2, 0.25) is 0 Å².